The summed E-state index contributed by atoms with van der Waals surface area (Å²) >= 11 is 1.26. The molecule has 9 heteroatoms. The second-order valence-electron chi connectivity index (χ2n) is 6.10. The third kappa shape index (κ3) is 4.40. The summed E-state index contributed by atoms with van der Waals surface area (Å²) in [6, 6.07) is 9.10. The van der Waals surface area contributed by atoms with E-state index in [9.17, 15) is 9.59 Å². The molecule has 0 unspecified atom stereocenters. The molecule has 1 atom stereocenters. The molecular formula is C17H22N6O2S. The molecule has 1 saturated carbocycles. The Morgan fingerprint density at radius 2 is 2.00 bits per heavy atom. The van der Waals surface area contributed by atoms with Gasteiger partial charge < -0.3 is 5.32 Å². The highest BCUT2D eigenvalue weighted by Gasteiger charge is 2.28. The number of imide groups is 1. The van der Waals surface area contributed by atoms with Gasteiger partial charge in [-0.15, -0.1) is 5.10 Å². The number of urea groups is 1. The number of thioether (sulfide) groups is 1. The van der Waals surface area contributed by atoms with Crippen molar-refractivity contribution in [2.45, 2.75) is 49.1 Å². The average Bonchev–Trinajstić information content (AvgIpc) is 3.31. The van der Waals surface area contributed by atoms with Crippen molar-refractivity contribution in [3.8, 4) is 0 Å². The molecule has 0 saturated heterocycles. The zero-order valence-electron chi connectivity index (χ0n) is 14.6. The van der Waals surface area contributed by atoms with Gasteiger partial charge >= 0.3 is 6.03 Å². The van der Waals surface area contributed by atoms with Crippen molar-refractivity contribution < 1.29 is 9.59 Å². The third-order valence-electron chi connectivity index (χ3n) is 4.27. The molecule has 3 amide bonds. The van der Waals surface area contributed by atoms with Crippen LogP contribution in [-0.2, 0) is 4.79 Å². The first-order valence-electron chi connectivity index (χ1n) is 8.77. The molecule has 1 heterocycles. The number of carbonyl (C=O) groups excluding carboxylic acids is 2. The van der Waals surface area contributed by atoms with Gasteiger partial charge in [0.05, 0.1) is 6.04 Å². The van der Waals surface area contributed by atoms with Crippen molar-refractivity contribution in [2.24, 2.45) is 0 Å². The summed E-state index contributed by atoms with van der Waals surface area (Å²) in [5, 5.41) is 17.0. The predicted molar refractivity (Wildman–Crippen MR) is 97.6 cm³/mol. The van der Waals surface area contributed by atoms with E-state index in [1.807, 2.05) is 35.0 Å². The van der Waals surface area contributed by atoms with Crippen LogP contribution in [0.25, 0.3) is 0 Å². The molecule has 2 N–H and O–H groups in total. The van der Waals surface area contributed by atoms with Gasteiger partial charge in [0.25, 0.3) is 0 Å². The number of aromatic nitrogens is 4. The van der Waals surface area contributed by atoms with E-state index in [0.29, 0.717) is 11.7 Å². The maximum Gasteiger partial charge on any atom is 0.321 e. The summed E-state index contributed by atoms with van der Waals surface area (Å²) in [5.74, 6) is -0.395. The molecule has 8 nitrogen and oxygen atoms in total. The van der Waals surface area contributed by atoms with E-state index in [1.54, 1.807) is 6.92 Å². The number of hydrogen-bond donors (Lipinski definition) is 2. The van der Waals surface area contributed by atoms with Crippen LogP contribution >= 0.6 is 11.8 Å². The van der Waals surface area contributed by atoms with Crippen LogP contribution in [0.3, 0.4) is 0 Å². The monoisotopic (exact) mass is 374 g/mol. The van der Waals surface area contributed by atoms with E-state index in [-0.39, 0.29) is 6.04 Å². The Morgan fingerprint density at radius 1 is 1.27 bits per heavy atom. The van der Waals surface area contributed by atoms with E-state index < -0.39 is 17.2 Å². The second-order valence-corrected chi connectivity index (χ2v) is 7.17. The molecule has 2 aromatic rings. The van der Waals surface area contributed by atoms with Crippen molar-refractivity contribution in [1.29, 1.82) is 0 Å². The Labute approximate surface area is 156 Å². The summed E-state index contributed by atoms with van der Waals surface area (Å²) in [5.41, 5.74) is 0.792. The van der Waals surface area contributed by atoms with Gasteiger partial charge in [0.2, 0.25) is 11.1 Å². The zero-order valence-corrected chi connectivity index (χ0v) is 15.4. The minimum atomic E-state index is -0.620. The molecular weight excluding hydrogens is 352 g/mol. The maximum atomic E-state index is 12.7. The van der Waals surface area contributed by atoms with Gasteiger partial charge in [-0.05, 0) is 35.8 Å². The van der Waals surface area contributed by atoms with E-state index in [0.717, 1.165) is 31.2 Å². The van der Waals surface area contributed by atoms with Gasteiger partial charge in [-0.2, -0.15) is 0 Å². The normalized spacial score (nSPS) is 15.6. The van der Waals surface area contributed by atoms with Crippen molar-refractivity contribution in [2.75, 3.05) is 6.54 Å². The summed E-state index contributed by atoms with van der Waals surface area (Å²) < 4.78 is 1.81. The fourth-order valence-electron chi connectivity index (χ4n) is 3.03. The number of carbonyl (C=O) groups is 2. The minimum Gasteiger partial charge on any atom is -0.338 e. The smallest absolute Gasteiger partial charge is 0.321 e. The molecule has 138 valence electrons. The van der Waals surface area contributed by atoms with Crippen LogP contribution in [0.2, 0.25) is 0 Å². The van der Waals surface area contributed by atoms with Gasteiger partial charge in [0.15, 0.2) is 0 Å². The third-order valence-corrected chi connectivity index (χ3v) is 5.47. The van der Waals surface area contributed by atoms with Crippen LogP contribution in [0, 0.1) is 0 Å². The van der Waals surface area contributed by atoms with Crippen molar-refractivity contribution in [3.05, 3.63) is 35.9 Å². The molecule has 1 aromatic heterocycles. The van der Waals surface area contributed by atoms with Crippen LogP contribution in [0.15, 0.2) is 35.5 Å². The number of rotatable bonds is 6. The van der Waals surface area contributed by atoms with E-state index in [4.69, 9.17) is 0 Å². The molecule has 1 aliphatic carbocycles. The molecule has 1 aliphatic rings. The molecule has 26 heavy (non-hydrogen) atoms. The lowest BCUT2D eigenvalue weighted by atomic mass is 10.1. The largest absolute Gasteiger partial charge is 0.338 e. The zero-order chi connectivity index (χ0) is 18.4. The lowest BCUT2D eigenvalue weighted by Crippen LogP contribution is -2.41. The van der Waals surface area contributed by atoms with E-state index >= 15 is 0 Å². The first-order chi connectivity index (χ1) is 12.7. The first kappa shape index (κ1) is 18.4. The molecule has 0 aliphatic heterocycles. The van der Waals surface area contributed by atoms with Crippen molar-refractivity contribution >= 4 is 23.7 Å². The van der Waals surface area contributed by atoms with Crippen LogP contribution in [0.1, 0.15) is 49.5 Å². The summed E-state index contributed by atoms with van der Waals surface area (Å²) in [6.07, 6.45) is 4.41. The van der Waals surface area contributed by atoms with Crippen LogP contribution in [0.5, 0.6) is 0 Å². The number of benzene rings is 1. The quantitative estimate of drug-likeness (QED) is 0.753. The van der Waals surface area contributed by atoms with Gasteiger partial charge in [0, 0.05) is 6.54 Å². The topological polar surface area (TPSA) is 102 Å². The summed E-state index contributed by atoms with van der Waals surface area (Å²) in [7, 11) is 0. The predicted octanol–water partition coefficient (Wildman–Crippen LogP) is 2.47. The Bertz CT molecular complexity index is 745. The molecule has 3 rings (SSSR count). The molecule has 0 radical (unpaired) electrons. The lowest BCUT2D eigenvalue weighted by molar-refractivity contribution is -0.119. The second kappa shape index (κ2) is 8.79. The van der Waals surface area contributed by atoms with Crippen LogP contribution < -0.4 is 10.6 Å². The molecule has 1 aromatic carbocycles. The fraction of sp³-hybridized carbons (Fsp3) is 0.471. The van der Waals surface area contributed by atoms with Crippen LogP contribution in [-0.4, -0.2) is 38.7 Å². The van der Waals surface area contributed by atoms with E-state index in [1.165, 1.54) is 11.8 Å². The van der Waals surface area contributed by atoms with Crippen molar-refractivity contribution in [1.82, 2.24) is 30.8 Å². The van der Waals surface area contributed by atoms with Crippen LogP contribution in [0.4, 0.5) is 4.79 Å². The SMILES string of the molecule is CCNC(=O)NC(=O)[C@@H](Sc1nnnn1C1CCCC1)c1ccccc1. The van der Waals surface area contributed by atoms with E-state index in [2.05, 4.69) is 26.2 Å². The maximum absolute atomic E-state index is 12.7. The highest BCUT2D eigenvalue weighted by atomic mass is 32.2. The van der Waals surface area contributed by atoms with Gasteiger partial charge in [-0.25, -0.2) is 9.48 Å². The Balaban J connectivity index is 1.81. The van der Waals surface area contributed by atoms with Gasteiger partial charge in [-0.3, -0.25) is 10.1 Å². The number of tetrazole rings is 1. The number of amides is 3. The highest BCUT2D eigenvalue weighted by Crippen LogP contribution is 2.37. The Hall–Kier alpha value is -2.42. The molecule has 1 fully saturated rings. The molecule has 0 bridgehead atoms. The van der Waals surface area contributed by atoms with Gasteiger partial charge in [0.1, 0.15) is 5.25 Å². The summed E-state index contributed by atoms with van der Waals surface area (Å²) in [4.78, 5) is 24.5. The highest BCUT2D eigenvalue weighted by molar-refractivity contribution is 8.00. The van der Waals surface area contributed by atoms with Gasteiger partial charge in [-0.1, -0.05) is 54.9 Å². The number of hydrogen-bond acceptors (Lipinski definition) is 6. The summed E-state index contributed by atoms with van der Waals surface area (Å²) in [6.45, 7) is 2.24. The standard InChI is InChI=1S/C17H22N6O2S/c1-2-18-16(25)19-15(24)14(12-8-4-3-5-9-12)26-17-20-21-22-23(17)13-10-6-7-11-13/h3-5,8-9,13-14H,2,6-7,10-11H2,1H3,(H2,18,19,24,25)/t14-/m0/s1. The number of nitrogens with zero attached hydrogens (tertiary/aromatic N) is 4. The van der Waals surface area contributed by atoms with Crippen molar-refractivity contribution in [3.63, 3.8) is 0 Å². The Kier molecular flexibility index (Phi) is 6.21. The number of nitrogens with one attached hydrogen (secondary N) is 2. The Morgan fingerprint density at radius 3 is 2.69 bits per heavy atom. The average molecular weight is 374 g/mol. The molecule has 0 spiro atoms. The lowest BCUT2D eigenvalue weighted by Gasteiger charge is -2.17. The minimum absolute atomic E-state index is 0.273. The fourth-order valence-corrected chi connectivity index (χ4v) is 4.08. The first-order valence-corrected chi connectivity index (χ1v) is 9.65.